The summed E-state index contributed by atoms with van der Waals surface area (Å²) in [7, 11) is 1.59. The van der Waals surface area contributed by atoms with E-state index < -0.39 is 6.04 Å². The molecule has 0 radical (unpaired) electrons. The van der Waals surface area contributed by atoms with Crippen molar-refractivity contribution in [2.45, 2.75) is 32.2 Å². The maximum absolute atomic E-state index is 11.8. The number of nitrogens with zero attached hydrogens (tertiary/aromatic N) is 1. The van der Waals surface area contributed by atoms with Crippen molar-refractivity contribution in [2.24, 2.45) is 0 Å². The highest BCUT2D eigenvalue weighted by atomic mass is 16.5. The number of hydrogen-bond acceptors (Lipinski definition) is 3. The molecule has 1 rings (SSSR count). The van der Waals surface area contributed by atoms with Crippen LogP contribution in [0, 0.1) is 11.3 Å². The second-order valence-corrected chi connectivity index (χ2v) is 4.07. The molecular weight excluding hydrogens is 228 g/mol. The van der Waals surface area contributed by atoms with Crippen LogP contribution in [0.15, 0.2) is 24.3 Å². The van der Waals surface area contributed by atoms with E-state index in [4.69, 9.17) is 10.00 Å². The van der Waals surface area contributed by atoms with Gasteiger partial charge >= 0.3 is 0 Å². The summed E-state index contributed by atoms with van der Waals surface area (Å²) in [6, 6.07) is 9.05. The molecule has 0 aliphatic carbocycles. The summed E-state index contributed by atoms with van der Waals surface area (Å²) in [5.74, 6) is 0.592. The highest BCUT2D eigenvalue weighted by Gasteiger charge is 2.10. The molecule has 4 nitrogen and oxygen atoms in total. The molecule has 96 valence electrons. The topological polar surface area (TPSA) is 62.1 Å². The number of benzene rings is 1. The lowest BCUT2D eigenvalue weighted by Gasteiger charge is -2.10. The van der Waals surface area contributed by atoms with Crippen LogP contribution in [0.1, 0.15) is 25.3 Å². The van der Waals surface area contributed by atoms with Crippen LogP contribution in [0.5, 0.6) is 5.75 Å². The summed E-state index contributed by atoms with van der Waals surface area (Å²) < 4.78 is 5.09. The monoisotopic (exact) mass is 246 g/mol. The molecule has 1 amide bonds. The first-order valence-electron chi connectivity index (χ1n) is 6.01. The lowest BCUT2D eigenvalue weighted by molar-refractivity contribution is -0.120. The third kappa shape index (κ3) is 4.46. The van der Waals surface area contributed by atoms with Crippen LogP contribution in [0.2, 0.25) is 0 Å². The fourth-order valence-corrected chi connectivity index (χ4v) is 1.67. The minimum absolute atomic E-state index is 0.136. The lowest BCUT2D eigenvalue weighted by atomic mass is 10.1. The smallest absolute Gasteiger partial charge is 0.225 e. The van der Waals surface area contributed by atoms with Crippen LogP contribution >= 0.6 is 0 Å². The molecule has 1 aromatic carbocycles. The second kappa shape index (κ2) is 7.33. The van der Waals surface area contributed by atoms with Crippen molar-refractivity contribution in [2.75, 3.05) is 7.11 Å². The number of amides is 1. The van der Waals surface area contributed by atoms with Gasteiger partial charge in [0, 0.05) is 0 Å². The van der Waals surface area contributed by atoms with Gasteiger partial charge in [0.1, 0.15) is 11.8 Å². The molecule has 1 unspecified atom stereocenters. The minimum atomic E-state index is -0.395. The molecule has 18 heavy (non-hydrogen) atoms. The average molecular weight is 246 g/mol. The molecule has 0 spiro atoms. The van der Waals surface area contributed by atoms with Gasteiger partial charge in [-0.2, -0.15) is 5.26 Å². The van der Waals surface area contributed by atoms with Gasteiger partial charge in [-0.3, -0.25) is 4.79 Å². The van der Waals surface area contributed by atoms with Gasteiger partial charge in [-0.1, -0.05) is 25.5 Å². The van der Waals surface area contributed by atoms with Gasteiger partial charge in [-0.15, -0.1) is 0 Å². The van der Waals surface area contributed by atoms with Crippen molar-refractivity contribution in [3.05, 3.63) is 29.8 Å². The molecule has 0 aliphatic heterocycles. The fraction of sp³-hybridized carbons (Fsp3) is 0.429. The Bertz CT molecular complexity index is 438. The number of carbonyl (C=O) groups is 1. The van der Waals surface area contributed by atoms with Crippen molar-refractivity contribution in [1.82, 2.24) is 5.32 Å². The van der Waals surface area contributed by atoms with Crippen LogP contribution in [0.25, 0.3) is 0 Å². The zero-order valence-corrected chi connectivity index (χ0v) is 10.8. The summed E-state index contributed by atoms with van der Waals surface area (Å²) in [6.45, 7) is 1.98. The van der Waals surface area contributed by atoms with Gasteiger partial charge in [0.25, 0.3) is 0 Å². The molecular formula is C14H18N2O2. The Morgan fingerprint density at radius 3 is 2.94 bits per heavy atom. The number of carbonyl (C=O) groups excluding carboxylic acids is 1. The molecule has 1 N–H and O–H groups in total. The maximum atomic E-state index is 11.8. The zero-order chi connectivity index (χ0) is 13.4. The largest absolute Gasteiger partial charge is 0.497 e. The zero-order valence-electron chi connectivity index (χ0n) is 10.8. The van der Waals surface area contributed by atoms with Crippen molar-refractivity contribution >= 4 is 5.91 Å². The van der Waals surface area contributed by atoms with Crippen LogP contribution < -0.4 is 10.1 Å². The predicted molar refractivity (Wildman–Crippen MR) is 69.1 cm³/mol. The summed E-state index contributed by atoms with van der Waals surface area (Å²) in [6.07, 6.45) is 1.82. The molecule has 0 aromatic heterocycles. The maximum Gasteiger partial charge on any atom is 0.225 e. The molecule has 0 aliphatic rings. The highest BCUT2D eigenvalue weighted by molar-refractivity contribution is 5.79. The average Bonchev–Trinajstić information content (AvgIpc) is 2.38. The number of nitriles is 1. The highest BCUT2D eigenvalue weighted by Crippen LogP contribution is 2.12. The Morgan fingerprint density at radius 1 is 1.56 bits per heavy atom. The number of methoxy groups -OCH3 is 1. The first-order valence-corrected chi connectivity index (χ1v) is 6.01. The van der Waals surface area contributed by atoms with E-state index in [9.17, 15) is 4.79 Å². The lowest BCUT2D eigenvalue weighted by Crippen LogP contribution is -2.34. The Morgan fingerprint density at radius 2 is 2.33 bits per heavy atom. The first kappa shape index (κ1) is 14.0. The molecule has 0 heterocycles. The molecule has 0 saturated carbocycles. The number of nitrogens with one attached hydrogen (secondary N) is 1. The van der Waals surface area contributed by atoms with Gasteiger partial charge in [-0.25, -0.2) is 0 Å². The number of ether oxygens (including phenoxy) is 1. The second-order valence-electron chi connectivity index (χ2n) is 4.07. The Labute approximate surface area is 108 Å². The van der Waals surface area contributed by atoms with E-state index in [2.05, 4.69) is 11.4 Å². The van der Waals surface area contributed by atoms with E-state index >= 15 is 0 Å². The molecule has 1 atom stereocenters. The summed E-state index contributed by atoms with van der Waals surface area (Å²) in [4.78, 5) is 11.8. The Balaban J connectivity index is 2.56. The minimum Gasteiger partial charge on any atom is -0.497 e. The van der Waals surface area contributed by atoms with E-state index in [-0.39, 0.29) is 12.3 Å². The molecule has 4 heteroatoms. The van der Waals surface area contributed by atoms with Crippen molar-refractivity contribution < 1.29 is 9.53 Å². The van der Waals surface area contributed by atoms with Crippen molar-refractivity contribution in [3.63, 3.8) is 0 Å². The molecule has 0 saturated heterocycles. The first-order chi connectivity index (χ1) is 8.69. The third-order valence-electron chi connectivity index (χ3n) is 2.57. The van der Waals surface area contributed by atoms with Crippen molar-refractivity contribution in [1.29, 1.82) is 5.26 Å². The molecule has 0 fully saturated rings. The number of rotatable bonds is 6. The predicted octanol–water partition coefficient (Wildman–Crippen LogP) is 2.05. The van der Waals surface area contributed by atoms with E-state index in [0.717, 1.165) is 17.7 Å². The van der Waals surface area contributed by atoms with E-state index in [1.54, 1.807) is 7.11 Å². The van der Waals surface area contributed by atoms with Crippen LogP contribution in [-0.4, -0.2) is 19.1 Å². The summed E-state index contributed by atoms with van der Waals surface area (Å²) in [5, 5.41) is 11.6. The van der Waals surface area contributed by atoms with Gasteiger partial charge in [-0.05, 0) is 24.1 Å². The van der Waals surface area contributed by atoms with E-state index in [0.29, 0.717) is 6.42 Å². The molecule has 0 bridgehead atoms. The SMILES string of the molecule is CCCC(C#N)NC(=O)Cc1cccc(OC)c1. The quantitative estimate of drug-likeness (QED) is 0.835. The van der Waals surface area contributed by atoms with Crippen LogP contribution in [0.4, 0.5) is 0 Å². The van der Waals surface area contributed by atoms with Crippen molar-refractivity contribution in [3.8, 4) is 11.8 Å². The molecule has 1 aromatic rings. The van der Waals surface area contributed by atoms with Gasteiger partial charge in [0.2, 0.25) is 5.91 Å². The van der Waals surface area contributed by atoms with Crippen LogP contribution in [-0.2, 0) is 11.2 Å². The van der Waals surface area contributed by atoms with Gasteiger partial charge in [0.15, 0.2) is 0 Å². The van der Waals surface area contributed by atoms with E-state index in [1.165, 1.54) is 0 Å². The summed E-state index contributed by atoms with van der Waals surface area (Å²) >= 11 is 0. The Hall–Kier alpha value is -2.02. The third-order valence-corrected chi connectivity index (χ3v) is 2.57. The van der Waals surface area contributed by atoms with Gasteiger partial charge in [0.05, 0.1) is 19.6 Å². The van der Waals surface area contributed by atoms with Gasteiger partial charge < -0.3 is 10.1 Å². The Kier molecular flexibility index (Phi) is 5.72. The fourth-order valence-electron chi connectivity index (χ4n) is 1.67. The van der Waals surface area contributed by atoms with E-state index in [1.807, 2.05) is 31.2 Å². The van der Waals surface area contributed by atoms with Crippen LogP contribution in [0.3, 0.4) is 0 Å². The normalized spacial score (nSPS) is 11.4. The summed E-state index contributed by atoms with van der Waals surface area (Å²) in [5.41, 5.74) is 0.875. The standard InChI is InChI=1S/C14H18N2O2/c1-3-5-12(10-15)16-14(17)9-11-6-4-7-13(8-11)18-2/h4,6-8,12H,3,5,9H2,1-2H3,(H,16,17). The number of hydrogen-bond donors (Lipinski definition) is 1.